The molecule has 0 aliphatic heterocycles. The minimum Gasteiger partial charge on any atom is -0.481 e. The van der Waals surface area contributed by atoms with Crippen molar-refractivity contribution in [3.05, 3.63) is 77.5 Å². The molecule has 1 N–H and O–H groups in total. The molecule has 0 saturated heterocycles. The topological polar surface area (TPSA) is 50.2 Å². The molecule has 3 aromatic rings. The number of pyridine rings is 1. The molecule has 0 aliphatic carbocycles. The Morgan fingerprint density at radius 2 is 1.47 bits per heavy atom. The van der Waals surface area contributed by atoms with E-state index in [2.05, 4.69) is 4.98 Å². The molecule has 1 heterocycles. The Bertz CT molecular complexity index is 1170. The SMILES string of the molecule is CC(C)CC(C(=O)O)c1cc(-c2ccc(C(F)(F)F)cc2)cc(-c2cccc(C(F)(F)F)n2)c1. The van der Waals surface area contributed by atoms with Gasteiger partial charge in [0.15, 0.2) is 0 Å². The third-order valence-electron chi connectivity index (χ3n) is 5.24. The third-order valence-corrected chi connectivity index (χ3v) is 5.24. The summed E-state index contributed by atoms with van der Waals surface area (Å²) in [5.41, 5.74) is -0.703. The lowest BCUT2D eigenvalue weighted by atomic mass is 9.87. The van der Waals surface area contributed by atoms with Crippen LogP contribution in [0.1, 0.15) is 43.0 Å². The normalized spacial score (nSPS) is 13.2. The highest BCUT2D eigenvalue weighted by Crippen LogP contribution is 2.36. The lowest BCUT2D eigenvalue weighted by Gasteiger charge is -2.18. The molecule has 3 nitrogen and oxygen atoms in total. The van der Waals surface area contributed by atoms with Crippen molar-refractivity contribution in [2.24, 2.45) is 5.92 Å². The minimum absolute atomic E-state index is 0.00552. The van der Waals surface area contributed by atoms with Crippen molar-refractivity contribution >= 4 is 5.97 Å². The Hall–Kier alpha value is -3.36. The van der Waals surface area contributed by atoms with Crippen LogP contribution in [0.3, 0.4) is 0 Å². The zero-order chi connectivity index (χ0) is 25.3. The van der Waals surface area contributed by atoms with E-state index < -0.39 is 35.5 Å². The van der Waals surface area contributed by atoms with Crippen molar-refractivity contribution in [3.63, 3.8) is 0 Å². The van der Waals surface area contributed by atoms with Gasteiger partial charge in [0, 0.05) is 5.56 Å². The molecule has 1 aromatic heterocycles. The van der Waals surface area contributed by atoms with E-state index >= 15 is 0 Å². The maximum absolute atomic E-state index is 13.2. The molecular weight excluding hydrogens is 460 g/mol. The van der Waals surface area contributed by atoms with Crippen molar-refractivity contribution in [3.8, 4) is 22.4 Å². The second-order valence-electron chi connectivity index (χ2n) is 8.35. The van der Waals surface area contributed by atoms with Crippen LogP contribution in [0.4, 0.5) is 26.3 Å². The molecule has 180 valence electrons. The molecular formula is C25H21F6NO2. The fourth-order valence-electron chi connectivity index (χ4n) is 3.62. The number of carboxylic acids is 1. The van der Waals surface area contributed by atoms with Crippen molar-refractivity contribution < 1.29 is 36.2 Å². The van der Waals surface area contributed by atoms with Crippen LogP contribution in [-0.2, 0) is 17.1 Å². The van der Waals surface area contributed by atoms with E-state index in [0.717, 1.165) is 18.2 Å². The fourth-order valence-corrected chi connectivity index (χ4v) is 3.62. The highest BCUT2D eigenvalue weighted by Gasteiger charge is 2.33. The molecule has 34 heavy (non-hydrogen) atoms. The van der Waals surface area contributed by atoms with Crippen molar-refractivity contribution in [1.82, 2.24) is 4.98 Å². The van der Waals surface area contributed by atoms with Gasteiger partial charge in [-0.25, -0.2) is 4.98 Å². The number of hydrogen-bond donors (Lipinski definition) is 1. The Morgan fingerprint density at radius 1 is 0.853 bits per heavy atom. The lowest BCUT2D eigenvalue weighted by Crippen LogP contribution is -2.14. The average molecular weight is 481 g/mol. The fraction of sp³-hybridized carbons (Fsp3) is 0.280. The number of nitrogens with zero attached hydrogens (tertiary/aromatic N) is 1. The molecule has 3 rings (SSSR count). The van der Waals surface area contributed by atoms with Gasteiger partial charge in [0.25, 0.3) is 0 Å². The number of hydrogen-bond acceptors (Lipinski definition) is 2. The van der Waals surface area contributed by atoms with Gasteiger partial charge >= 0.3 is 18.3 Å². The first kappa shape index (κ1) is 25.3. The molecule has 1 atom stereocenters. The van der Waals surface area contributed by atoms with E-state index in [1.807, 2.05) is 13.8 Å². The maximum atomic E-state index is 13.2. The van der Waals surface area contributed by atoms with Crippen molar-refractivity contribution in [2.75, 3.05) is 0 Å². The van der Waals surface area contributed by atoms with E-state index in [1.54, 1.807) is 6.07 Å². The molecule has 0 amide bonds. The summed E-state index contributed by atoms with van der Waals surface area (Å²) in [6.45, 7) is 3.68. The van der Waals surface area contributed by atoms with Gasteiger partial charge in [-0.1, -0.05) is 38.1 Å². The summed E-state index contributed by atoms with van der Waals surface area (Å²) in [4.78, 5) is 15.7. The molecule has 0 bridgehead atoms. The van der Waals surface area contributed by atoms with Gasteiger partial charge in [0.05, 0.1) is 17.2 Å². The summed E-state index contributed by atoms with van der Waals surface area (Å²) in [5.74, 6) is -2.06. The number of carbonyl (C=O) groups is 1. The highest BCUT2D eigenvalue weighted by atomic mass is 19.4. The molecule has 0 saturated carbocycles. The summed E-state index contributed by atoms with van der Waals surface area (Å²) in [6, 6.07) is 12.2. The summed E-state index contributed by atoms with van der Waals surface area (Å²) in [6.07, 6.45) is -8.94. The van der Waals surface area contributed by atoms with Crippen LogP contribution >= 0.6 is 0 Å². The zero-order valence-electron chi connectivity index (χ0n) is 18.2. The van der Waals surface area contributed by atoms with E-state index in [9.17, 15) is 36.2 Å². The molecule has 0 aliphatic rings. The molecule has 0 spiro atoms. The van der Waals surface area contributed by atoms with Crippen LogP contribution in [0.2, 0.25) is 0 Å². The lowest BCUT2D eigenvalue weighted by molar-refractivity contribution is -0.141. The first-order valence-electron chi connectivity index (χ1n) is 10.4. The number of carboxylic acid groups (broad SMARTS) is 1. The molecule has 0 radical (unpaired) electrons. The number of rotatable bonds is 6. The van der Waals surface area contributed by atoms with Gasteiger partial charge in [-0.2, -0.15) is 26.3 Å². The smallest absolute Gasteiger partial charge is 0.433 e. The zero-order valence-corrected chi connectivity index (χ0v) is 18.2. The molecule has 1 unspecified atom stereocenters. The van der Waals surface area contributed by atoms with E-state index in [-0.39, 0.29) is 23.6 Å². The average Bonchev–Trinajstić information content (AvgIpc) is 2.76. The molecule has 2 aromatic carbocycles. The van der Waals surface area contributed by atoms with Crippen LogP contribution in [0, 0.1) is 5.92 Å². The Labute approximate surface area is 192 Å². The number of aromatic nitrogens is 1. The second-order valence-corrected chi connectivity index (χ2v) is 8.35. The second kappa shape index (κ2) is 9.48. The first-order chi connectivity index (χ1) is 15.8. The quantitative estimate of drug-likeness (QED) is 0.368. The largest absolute Gasteiger partial charge is 0.481 e. The summed E-state index contributed by atoms with van der Waals surface area (Å²) >= 11 is 0. The minimum atomic E-state index is -4.68. The molecule has 0 fully saturated rings. The maximum Gasteiger partial charge on any atom is 0.433 e. The van der Waals surface area contributed by atoms with Crippen molar-refractivity contribution in [2.45, 2.75) is 38.5 Å². The van der Waals surface area contributed by atoms with Gasteiger partial charge in [0.1, 0.15) is 5.69 Å². The predicted octanol–water partition coefficient (Wildman–Crippen LogP) is 7.67. The summed E-state index contributed by atoms with van der Waals surface area (Å²) in [5, 5.41) is 9.79. The highest BCUT2D eigenvalue weighted by molar-refractivity contribution is 5.80. The van der Waals surface area contributed by atoms with Crippen LogP contribution in [-0.4, -0.2) is 16.1 Å². The van der Waals surface area contributed by atoms with Crippen LogP contribution in [0.15, 0.2) is 60.7 Å². The number of aliphatic carboxylic acids is 1. The third kappa shape index (κ3) is 5.95. The van der Waals surface area contributed by atoms with Crippen LogP contribution in [0.5, 0.6) is 0 Å². The van der Waals surface area contributed by atoms with E-state index in [1.165, 1.54) is 36.4 Å². The number of alkyl halides is 6. The van der Waals surface area contributed by atoms with E-state index in [4.69, 9.17) is 0 Å². The van der Waals surface area contributed by atoms with Crippen LogP contribution in [0.25, 0.3) is 22.4 Å². The Morgan fingerprint density at radius 3 is 2.00 bits per heavy atom. The van der Waals surface area contributed by atoms with Gasteiger partial charge in [-0.3, -0.25) is 4.79 Å². The van der Waals surface area contributed by atoms with Gasteiger partial charge < -0.3 is 5.11 Å². The van der Waals surface area contributed by atoms with E-state index in [0.29, 0.717) is 16.7 Å². The number of halogens is 6. The monoisotopic (exact) mass is 481 g/mol. The Balaban J connectivity index is 2.19. The molecule has 9 heteroatoms. The summed E-state index contributed by atoms with van der Waals surface area (Å²) in [7, 11) is 0. The van der Waals surface area contributed by atoms with Crippen LogP contribution < -0.4 is 0 Å². The standard InChI is InChI=1S/C25H21F6NO2/c1-14(2)10-20(23(33)34)17-11-16(15-6-8-19(9-7-15)24(26,27)28)12-18(13-17)21-4-3-5-22(32-21)25(29,30)31/h3-9,11-14,20H,10H2,1-2H3,(H,33,34). The van der Waals surface area contributed by atoms with Gasteiger partial charge in [-0.15, -0.1) is 0 Å². The Kier molecular flexibility index (Phi) is 7.05. The number of benzene rings is 2. The predicted molar refractivity (Wildman–Crippen MR) is 115 cm³/mol. The van der Waals surface area contributed by atoms with Gasteiger partial charge in [-0.05, 0) is 65.4 Å². The van der Waals surface area contributed by atoms with Crippen molar-refractivity contribution in [1.29, 1.82) is 0 Å². The van der Waals surface area contributed by atoms with Gasteiger partial charge in [0.2, 0.25) is 0 Å². The first-order valence-corrected chi connectivity index (χ1v) is 10.4. The summed E-state index contributed by atoms with van der Waals surface area (Å²) < 4.78 is 78.4.